The molecule has 0 aromatic heterocycles. The van der Waals surface area contributed by atoms with Gasteiger partial charge in [0.2, 0.25) is 0 Å². The Morgan fingerprint density at radius 3 is 2.76 bits per heavy atom. The molecule has 0 fully saturated rings. The largest absolute Gasteiger partial charge is 0.481 e. The van der Waals surface area contributed by atoms with Crippen molar-refractivity contribution in [2.75, 3.05) is 13.7 Å². The van der Waals surface area contributed by atoms with Crippen LogP contribution in [0.2, 0.25) is 0 Å². The molecule has 1 aromatic carbocycles. The lowest BCUT2D eigenvalue weighted by molar-refractivity contribution is -0.133. The molecule has 0 aliphatic heterocycles. The van der Waals surface area contributed by atoms with Crippen molar-refractivity contribution in [3.63, 3.8) is 0 Å². The van der Waals surface area contributed by atoms with Crippen LogP contribution < -0.4 is 4.74 Å². The van der Waals surface area contributed by atoms with E-state index in [1.165, 1.54) is 12.1 Å². The highest BCUT2D eigenvalue weighted by Gasteiger charge is 2.13. The highest BCUT2D eigenvalue weighted by molar-refractivity contribution is 9.10. The van der Waals surface area contributed by atoms with Gasteiger partial charge in [-0.1, -0.05) is 15.9 Å². The number of amides is 1. The number of benzene rings is 1. The highest BCUT2D eigenvalue weighted by Crippen LogP contribution is 2.22. The fourth-order valence-corrected chi connectivity index (χ4v) is 1.46. The zero-order valence-electron chi connectivity index (χ0n) is 10.0. The van der Waals surface area contributed by atoms with Gasteiger partial charge in [0.05, 0.1) is 0 Å². The molecule has 0 unspecified atom stereocenters. The van der Waals surface area contributed by atoms with Crippen LogP contribution in [0.3, 0.4) is 0 Å². The van der Waals surface area contributed by atoms with Crippen LogP contribution in [-0.4, -0.2) is 30.5 Å². The average molecular weight is 304 g/mol. The number of hydrogen-bond acceptors (Lipinski definition) is 2. The second-order valence-electron chi connectivity index (χ2n) is 3.96. The molecule has 1 aromatic rings. The summed E-state index contributed by atoms with van der Waals surface area (Å²) >= 11 is 3.21. The van der Waals surface area contributed by atoms with Crippen LogP contribution in [0.5, 0.6) is 5.75 Å². The van der Waals surface area contributed by atoms with Crippen molar-refractivity contribution in [3.05, 3.63) is 28.5 Å². The van der Waals surface area contributed by atoms with Gasteiger partial charge in [0, 0.05) is 17.6 Å². The first-order valence-electron chi connectivity index (χ1n) is 5.25. The van der Waals surface area contributed by atoms with Crippen molar-refractivity contribution >= 4 is 21.8 Å². The molecule has 17 heavy (non-hydrogen) atoms. The van der Waals surface area contributed by atoms with Crippen molar-refractivity contribution in [1.82, 2.24) is 4.90 Å². The number of carbonyl (C=O) groups is 1. The molecule has 0 aliphatic rings. The maximum Gasteiger partial charge on any atom is 0.260 e. The van der Waals surface area contributed by atoms with E-state index in [9.17, 15) is 9.18 Å². The molecule has 5 heteroatoms. The third-order valence-electron chi connectivity index (χ3n) is 2.41. The van der Waals surface area contributed by atoms with E-state index in [1.807, 2.05) is 13.8 Å². The van der Waals surface area contributed by atoms with Crippen LogP contribution in [0.4, 0.5) is 4.39 Å². The van der Waals surface area contributed by atoms with E-state index in [4.69, 9.17) is 4.74 Å². The Bertz CT molecular complexity index is 409. The van der Waals surface area contributed by atoms with Crippen LogP contribution in [0.25, 0.3) is 0 Å². The summed E-state index contributed by atoms with van der Waals surface area (Å²) in [4.78, 5) is 13.2. The molecular weight excluding hydrogens is 289 g/mol. The smallest absolute Gasteiger partial charge is 0.260 e. The van der Waals surface area contributed by atoms with Gasteiger partial charge in [0.15, 0.2) is 18.2 Å². The minimum atomic E-state index is -0.479. The lowest BCUT2D eigenvalue weighted by atomic mass is 10.3. The molecule has 0 aliphatic carbocycles. The van der Waals surface area contributed by atoms with Crippen LogP contribution in [0.1, 0.15) is 13.8 Å². The molecule has 0 bridgehead atoms. The molecule has 0 saturated heterocycles. The number of nitrogens with zero attached hydrogens (tertiary/aromatic N) is 1. The first-order chi connectivity index (χ1) is 7.91. The van der Waals surface area contributed by atoms with Crippen LogP contribution in [0.15, 0.2) is 22.7 Å². The van der Waals surface area contributed by atoms with E-state index >= 15 is 0 Å². The molecule has 0 heterocycles. The van der Waals surface area contributed by atoms with Gasteiger partial charge in [-0.15, -0.1) is 0 Å². The Kier molecular flexibility index (Phi) is 4.93. The van der Waals surface area contributed by atoms with Crippen molar-refractivity contribution in [1.29, 1.82) is 0 Å². The Balaban J connectivity index is 2.61. The van der Waals surface area contributed by atoms with E-state index in [-0.39, 0.29) is 24.3 Å². The summed E-state index contributed by atoms with van der Waals surface area (Å²) in [6.07, 6.45) is 0. The van der Waals surface area contributed by atoms with E-state index in [0.29, 0.717) is 4.47 Å². The number of likely N-dealkylation sites (N-methyl/N-ethyl adjacent to an activating group) is 1. The first-order valence-corrected chi connectivity index (χ1v) is 6.04. The summed E-state index contributed by atoms with van der Waals surface area (Å²) in [6, 6.07) is 4.46. The summed E-state index contributed by atoms with van der Waals surface area (Å²) in [5.74, 6) is -0.586. The van der Waals surface area contributed by atoms with Gasteiger partial charge < -0.3 is 9.64 Å². The van der Waals surface area contributed by atoms with Crippen LogP contribution in [-0.2, 0) is 4.79 Å². The summed E-state index contributed by atoms with van der Waals surface area (Å²) in [5, 5.41) is 0. The maximum atomic E-state index is 13.3. The normalized spacial score (nSPS) is 10.5. The van der Waals surface area contributed by atoms with Crippen molar-refractivity contribution in [3.8, 4) is 5.75 Å². The lowest BCUT2D eigenvalue weighted by Gasteiger charge is -2.21. The average Bonchev–Trinajstić information content (AvgIpc) is 2.28. The first kappa shape index (κ1) is 14.0. The predicted octanol–water partition coefficient (Wildman–Crippen LogP) is 2.83. The molecule has 0 spiro atoms. The Morgan fingerprint density at radius 2 is 2.18 bits per heavy atom. The molecule has 0 radical (unpaired) electrons. The van der Waals surface area contributed by atoms with E-state index in [1.54, 1.807) is 18.0 Å². The maximum absolute atomic E-state index is 13.3. The Hall–Kier alpha value is -1.10. The number of carbonyl (C=O) groups excluding carboxylic acids is 1. The summed E-state index contributed by atoms with van der Waals surface area (Å²) < 4.78 is 19.2. The molecule has 0 N–H and O–H groups in total. The number of halogens is 2. The fraction of sp³-hybridized carbons (Fsp3) is 0.417. The quantitative estimate of drug-likeness (QED) is 0.856. The van der Waals surface area contributed by atoms with Gasteiger partial charge >= 0.3 is 0 Å². The number of hydrogen-bond donors (Lipinski definition) is 0. The third kappa shape index (κ3) is 4.00. The zero-order valence-corrected chi connectivity index (χ0v) is 11.6. The second-order valence-corrected chi connectivity index (χ2v) is 4.88. The minimum Gasteiger partial charge on any atom is -0.481 e. The second kappa shape index (κ2) is 6.00. The number of rotatable bonds is 4. The molecule has 0 atom stereocenters. The Morgan fingerprint density at radius 1 is 1.53 bits per heavy atom. The van der Waals surface area contributed by atoms with Crippen molar-refractivity contribution in [2.24, 2.45) is 0 Å². The van der Waals surface area contributed by atoms with E-state index in [2.05, 4.69) is 15.9 Å². The fourth-order valence-electron chi connectivity index (χ4n) is 1.12. The molecule has 3 nitrogen and oxygen atoms in total. The van der Waals surface area contributed by atoms with Gasteiger partial charge in [-0.25, -0.2) is 4.39 Å². The monoisotopic (exact) mass is 303 g/mol. The summed E-state index contributed by atoms with van der Waals surface area (Å²) in [7, 11) is 1.69. The van der Waals surface area contributed by atoms with Gasteiger partial charge in [-0.2, -0.15) is 0 Å². The summed E-state index contributed by atoms with van der Waals surface area (Å²) in [5.41, 5.74) is 0. The van der Waals surface area contributed by atoms with Gasteiger partial charge in [0.1, 0.15) is 0 Å². The van der Waals surface area contributed by atoms with Gasteiger partial charge in [-0.05, 0) is 32.0 Å². The molecule has 1 amide bonds. The van der Waals surface area contributed by atoms with Crippen molar-refractivity contribution in [2.45, 2.75) is 19.9 Å². The van der Waals surface area contributed by atoms with Crippen LogP contribution >= 0.6 is 15.9 Å². The van der Waals surface area contributed by atoms with Crippen LogP contribution in [0, 0.1) is 5.82 Å². The SMILES string of the molecule is CC(C)N(C)C(=O)COc1cc(Br)ccc1F. The van der Waals surface area contributed by atoms with E-state index < -0.39 is 5.82 Å². The van der Waals surface area contributed by atoms with Crippen molar-refractivity contribution < 1.29 is 13.9 Å². The summed E-state index contributed by atoms with van der Waals surface area (Å²) in [6.45, 7) is 3.64. The standard InChI is InChI=1S/C12H15BrFNO2/c1-8(2)15(3)12(16)7-17-11-6-9(13)4-5-10(11)14/h4-6,8H,7H2,1-3H3. The zero-order chi connectivity index (χ0) is 13.0. The molecule has 94 valence electrons. The van der Waals surface area contributed by atoms with Gasteiger partial charge in [0.25, 0.3) is 5.91 Å². The minimum absolute atomic E-state index is 0.0740. The lowest BCUT2D eigenvalue weighted by Crippen LogP contribution is -2.36. The highest BCUT2D eigenvalue weighted by atomic mass is 79.9. The Labute approximate surface area is 109 Å². The molecular formula is C12H15BrFNO2. The van der Waals surface area contributed by atoms with Gasteiger partial charge in [-0.3, -0.25) is 4.79 Å². The predicted molar refractivity (Wildman–Crippen MR) is 67.5 cm³/mol. The van der Waals surface area contributed by atoms with E-state index in [0.717, 1.165) is 0 Å². The molecule has 0 saturated carbocycles. The molecule has 1 rings (SSSR count). The topological polar surface area (TPSA) is 29.5 Å². The third-order valence-corrected chi connectivity index (χ3v) is 2.91. The number of ether oxygens (including phenoxy) is 1.